The molecule has 0 aliphatic rings. The van der Waals surface area contributed by atoms with Crippen molar-refractivity contribution in [3.63, 3.8) is 0 Å². The molecule has 0 fully saturated rings. The van der Waals surface area contributed by atoms with Crippen LogP contribution < -0.4 is 10.2 Å². The maximum Gasteiger partial charge on any atom is 0.269 e. The zero-order chi connectivity index (χ0) is 25.3. The number of thioether (sulfide) groups is 1. The number of nitro groups is 1. The Balaban J connectivity index is 1.47. The van der Waals surface area contributed by atoms with E-state index in [1.165, 1.54) is 30.1 Å². The molecule has 1 aromatic heterocycles. The highest BCUT2D eigenvalue weighted by atomic mass is 32.2. The molecule has 1 amide bonds. The summed E-state index contributed by atoms with van der Waals surface area (Å²) in [5.41, 5.74) is 4.79. The lowest BCUT2D eigenvalue weighted by molar-refractivity contribution is -0.384. The van der Waals surface area contributed by atoms with Crippen LogP contribution in [0.1, 0.15) is 12.5 Å². The highest BCUT2D eigenvalue weighted by Gasteiger charge is 2.17. The lowest BCUT2D eigenvalue weighted by Gasteiger charge is -2.11. The molecule has 4 rings (SSSR count). The molecule has 10 nitrogen and oxygen atoms in total. The van der Waals surface area contributed by atoms with Crippen LogP contribution in [-0.4, -0.2) is 44.2 Å². The summed E-state index contributed by atoms with van der Waals surface area (Å²) in [5, 5.41) is 23.9. The summed E-state index contributed by atoms with van der Waals surface area (Å²) in [6.07, 6.45) is 1.42. The lowest BCUT2D eigenvalue weighted by Crippen LogP contribution is -2.20. The number of hydrogen-bond donors (Lipinski definition) is 1. The molecule has 4 aromatic rings. The van der Waals surface area contributed by atoms with Crippen LogP contribution in [-0.2, 0) is 4.79 Å². The van der Waals surface area contributed by atoms with Crippen LogP contribution in [0.5, 0.6) is 5.75 Å². The second kappa shape index (κ2) is 11.8. The first-order valence-corrected chi connectivity index (χ1v) is 12.0. The Morgan fingerprint density at radius 2 is 1.81 bits per heavy atom. The molecule has 0 saturated heterocycles. The van der Waals surface area contributed by atoms with Crippen LogP contribution in [0.4, 0.5) is 5.69 Å². The molecule has 0 aliphatic heterocycles. The smallest absolute Gasteiger partial charge is 0.269 e. The second-order valence-corrected chi connectivity index (χ2v) is 8.31. The third kappa shape index (κ3) is 6.13. The summed E-state index contributed by atoms with van der Waals surface area (Å²) >= 11 is 1.23. The van der Waals surface area contributed by atoms with Gasteiger partial charge >= 0.3 is 0 Å². The van der Waals surface area contributed by atoms with Crippen molar-refractivity contribution in [1.29, 1.82) is 0 Å². The van der Waals surface area contributed by atoms with Gasteiger partial charge < -0.3 is 4.74 Å². The zero-order valence-corrected chi connectivity index (χ0v) is 20.1. The summed E-state index contributed by atoms with van der Waals surface area (Å²) in [5.74, 6) is 1.14. The topological polar surface area (TPSA) is 125 Å². The van der Waals surface area contributed by atoms with Crippen LogP contribution >= 0.6 is 11.8 Å². The van der Waals surface area contributed by atoms with Crippen molar-refractivity contribution in [3.05, 3.63) is 94.5 Å². The first-order valence-electron chi connectivity index (χ1n) is 11.0. The van der Waals surface area contributed by atoms with E-state index in [2.05, 4.69) is 20.7 Å². The first kappa shape index (κ1) is 24.6. The number of nitrogens with zero attached hydrogens (tertiary/aromatic N) is 5. The Hall–Kier alpha value is -4.51. The van der Waals surface area contributed by atoms with Crippen molar-refractivity contribution >= 4 is 29.6 Å². The fourth-order valence-electron chi connectivity index (χ4n) is 3.25. The van der Waals surface area contributed by atoms with Crippen LogP contribution in [0.25, 0.3) is 17.1 Å². The average Bonchev–Trinajstić information content (AvgIpc) is 3.33. The first-order chi connectivity index (χ1) is 17.5. The van der Waals surface area contributed by atoms with Gasteiger partial charge in [-0.25, -0.2) is 5.43 Å². The van der Waals surface area contributed by atoms with E-state index in [0.717, 1.165) is 17.0 Å². The Kier molecular flexibility index (Phi) is 8.04. The summed E-state index contributed by atoms with van der Waals surface area (Å²) < 4.78 is 7.44. The molecular formula is C25H22N6O4S. The van der Waals surface area contributed by atoms with Gasteiger partial charge in [0.25, 0.3) is 11.6 Å². The number of amides is 1. The minimum atomic E-state index is -0.477. The number of carbonyl (C=O) groups is 1. The van der Waals surface area contributed by atoms with E-state index in [1.54, 1.807) is 12.1 Å². The second-order valence-electron chi connectivity index (χ2n) is 7.37. The third-order valence-corrected chi connectivity index (χ3v) is 5.84. The molecule has 0 spiro atoms. The van der Waals surface area contributed by atoms with Crippen LogP contribution in [0, 0.1) is 10.1 Å². The molecule has 182 valence electrons. The molecule has 0 bridgehead atoms. The highest BCUT2D eigenvalue weighted by molar-refractivity contribution is 7.99. The van der Waals surface area contributed by atoms with Crippen molar-refractivity contribution in [3.8, 4) is 22.8 Å². The van der Waals surface area contributed by atoms with Gasteiger partial charge in [0.2, 0.25) is 0 Å². The van der Waals surface area contributed by atoms with Gasteiger partial charge in [0.1, 0.15) is 5.75 Å². The lowest BCUT2D eigenvalue weighted by atomic mass is 10.2. The minimum Gasteiger partial charge on any atom is -0.494 e. The minimum absolute atomic E-state index is 0.0147. The standard InChI is InChI=1S/C25H22N6O4S/c1-2-35-22-14-12-20(13-15-22)30-24(19-6-4-3-5-7-19)28-29-25(30)36-17-23(32)27-26-16-18-8-10-21(11-9-18)31(33)34/h3-16H,2,17H2,1H3,(H,27,32)/b26-16+. The molecule has 0 saturated carbocycles. The summed E-state index contributed by atoms with van der Waals surface area (Å²) in [4.78, 5) is 22.6. The zero-order valence-electron chi connectivity index (χ0n) is 19.3. The van der Waals surface area contributed by atoms with Crippen molar-refractivity contribution in [2.75, 3.05) is 12.4 Å². The van der Waals surface area contributed by atoms with Gasteiger partial charge in [0.05, 0.1) is 23.5 Å². The molecule has 11 heteroatoms. The number of carbonyl (C=O) groups excluding carboxylic acids is 1. The number of rotatable bonds is 10. The van der Waals surface area contributed by atoms with Gasteiger partial charge in [0.15, 0.2) is 11.0 Å². The van der Waals surface area contributed by atoms with Crippen molar-refractivity contribution < 1.29 is 14.5 Å². The van der Waals surface area contributed by atoms with Gasteiger partial charge in [-0.05, 0) is 48.9 Å². The predicted octanol–water partition coefficient (Wildman–Crippen LogP) is 4.48. The summed E-state index contributed by atoms with van der Waals surface area (Å²) in [6, 6.07) is 23.1. The third-order valence-electron chi connectivity index (χ3n) is 4.91. The molecule has 3 aromatic carbocycles. The van der Waals surface area contributed by atoms with Gasteiger partial charge in [-0.2, -0.15) is 5.10 Å². The van der Waals surface area contributed by atoms with Crippen molar-refractivity contribution in [1.82, 2.24) is 20.2 Å². The summed E-state index contributed by atoms with van der Waals surface area (Å²) in [6.45, 7) is 2.50. The van der Waals surface area contributed by atoms with E-state index in [0.29, 0.717) is 23.2 Å². The van der Waals surface area contributed by atoms with E-state index in [1.807, 2.05) is 66.1 Å². The Bertz CT molecular complexity index is 1360. The maximum atomic E-state index is 12.4. The largest absolute Gasteiger partial charge is 0.494 e. The van der Waals surface area contributed by atoms with Gasteiger partial charge in [-0.15, -0.1) is 10.2 Å². The van der Waals surface area contributed by atoms with E-state index < -0.39 is 4.92 Å². The van der Waals surface area contributed by atoms with Crippen LogP contribution in [0.3, 0.4) is 0 Å². The molecular weight excluding hydrogens is 480 g/mol. The number of hydrazone groups is 1. The molecule has 1 N–H and O–H groups in total. The van der Waals surface area contributed by atoms with Crippen LogP contribution in [0.2, 0.25) is 0 Å². The monoisotopic (exact) mass is 502 g/mol. The number of aromatic nitrogens is 3. The number of hydrogen-bond acceptors (Lipinski definition) is 8. The normalized spacial score (nSPS) is 10.9. The van der Waals surface area contributed by atoms with Gasteiger partial charge in [-0.3, -0.25) is 19.5 Å². The van der Waals surface area contributed by atoms with Crippen molar-refractivity contribution in [2.24, 2.45) is 5.10 Å². The molecule has 36 heavy (non-hydrogen) atoms. The Morgan fingerprint density at radius 1 is 1.08 bits per heavy atom. The fraction of sp³-hybridized carbons (Fsp3) is 0.120. The van der Waals surface area contributed by atoms with E-state index in [4.69, 9.17) is 4.74 Å². The molecule has 0 radical (unpaired) electrons. The number of benzene rings is 3. The summed E-state index contributed by atoms with van der Waals surface area (Å²) in [7, 11) is 0. The number of nitro benzene ring substituents is 1. The molecule has 0 atom stereocenters. The SMILES string of the molecule is CCOc1ccc(-n2c(SCC(=O)N/N=C/c3ccc([N+](=O)[O-])cc3)nnc2-c2ccccc2)cc1. The predicted molar refractivity (Wildman–Crippen MR) is 138 cm³/mol. The highest BCUT2D eigenvalue weighted by Crippen LogP contribution is 2.28. The van der Waals surface area contributed by atoms with E-state index in [-0.39, 0.29) is 17.3 Å². The van der Waals surface area contributed by atoms with Crippen molar-refractivity contribution in [2.45, 2.75) is 12.1 Å². The molecule has 0 unspecified atom stereocenters. The van der Waals surface area contributed by atoms with Crippen LogP contribution in [0.15, 0.2) is 89.1 Å². The van der Waals surface area contributed by atoms with E-state index >= 15 is 0 Å². The van der Waals surface area contributed by atoms with E-state index in [9.17, 15) is 14.9 Å². The van der Waals surface area contributed by atoms with Gasteiger partial charge in [0, 0.05) is 23.4 Å². The number of ether oxygens (including phenoxy) is 1. The quantitative estimate of drug-likeness (QED) is 0.147. The average molecular weight is 503 g/mol. The molecule has 1 heterocycles. The Labute approximate surface area is 211 Å². The fourth-order valence-corrected chi connectivity index (χ4v) is 4.00. The Morgan fingerprint density at radius 3 is 2.47 bits per heavy atom. The molecule has 0 aliphatic carbocycles. The number of non-ortho nitro benzene ring substituents is 1. The van der Waals surface area contributed by atoms with Gasteiger partial charge in [-0.1, -0.05) is 42.1 Å². The number of nitrogens with one attached hydrogen (secondary N) is 1. The maximum absolute atomic E-state index is 12.4.